The van der Waals surface area contributed by atoms with Crippen LogP contribution in [0.3, 0.4) is 0 Å². The summed E-state index contributed by atoms with van der Waals surface area (Å²) in [7, 11) is 0. The Morgan fingerprint density at radius 1 is 0.694 bits per heavy atom. The Morgan fingerprint density at radius 2 is 1.31 bits per heavy atom. The minimum Gasteiger partial charge on any atom is -0.755 e. The van der Waals surface area contributed by atoms with Crippen LogP contribution in [0.4, 0.5) is 32.0 Å². The molecule has 36 heavy (non-hydrogen) atoms. The second-order valence-electron chi connectivity index (χ2n) is 7.53. The van der Waals surface area contributed by atoms with Crippen molar-refractivity contribution in [3.8, 4) is 33.8 Å². The van der Waals surface area contributed by atoms with Crippen molar-refractivity contribution >= 4 is 17.0 Å². The lowest BCUT2D eigenvalue weighted by molar-refractivity contribution is -0.141. The zero-order valence-corrected chi connectivity index (χ0v) is 18.7. The minimum absolute atomic E-state index is 0.0534. The van der Waals surface area contributed by atoms with Crippen LogP contribution in [-0.4, -0.2) is 18.7 Å². The van der Waals surface area contributed by atoms with E-state index in [0.717, 1.165) is 24.3 Å². The summed E-state index contributed by atoms with van der Waals surface area (Å²) in [4.78, 5) is 7.82. The molecule has 0 fully saturated rings. The highest BCUT2D eigenvalue weighted by Crippen LogP contribution is 2.35. The number of rotatable bonds is 5. The van der Waals surface area contributed by atoms with Gasteiger partial charge in [-0.05, 0) is 47.5 Å². The predicted molar refractivity (Wildman–Crippen MR) is 121 cm³/mol. The number of hydrogen-bond donors (Lipinski definition) is 1. The molecule has 0 aliphatic carbocycles. The van der Waals surface area contributed by atoms with Crippen molar-refractivity contribution in [2.24, 2.45) is 0 Å². The van der Waals surface area contributed by atoms with Gasteiger partial charge in [0.2, 0.25) is 0 Å². The van der Waals surface area contributed by atoms with Crippen LogP contribution in [0.5, 0.6) is 0 Å². The van der Waals surface area contributed by atoms with Gasteiger partial charge in [0.1, 0.15) is 5.69 Å². The lowest BCUT2D eigenvalue weighted by Crippen LogP contribution is -2.10. The summed E-state index contributed by atoms with van der Waals surface area (Å²) in [5.74, 6) is -0.281. The minimum atomic E-state index is -4.83. The molecule has 0 aliphatic heterocycles. The molecule has 0 aliphatic rings. The topological polar surface area (TPSA) is 77.9 Å². The Hall–Kier alpha value is -3.77. The van der Waals surface area contributed by atoms with Crippen LogP contribution >= 0.6 is 0 Å². The standard InChI is InChI=1S/C24H15F6N3O2S/c25-23(26,27)18-9-7-14(8-10-18)20-13-21(24(28,29)30)32-22(31-20)17-5-1-3-15(11-17)16-4-2-6-19(12-16)33-36(34)35/h1-13,33H,(H,34,35)/p-1. The molecule has 12 heteroatoms. The van der Waals surface area contributed by atoms with Gasteiger partial charge in [-0.15, -0.1) is 0 Å². The zero-order valence-electron chi connectivity index (χ0n) is 17.9. The fourth-order valence-electron chi connectivity index (χ4n) is 3.40. The predicted octanol–water partition coefficient (Wildman–Crippen LogP) is 6.72. The Morgan fingerprint density at radius 3 is 1.92 bits per heavy atom. The van der Waals surface area contributed by atoms with Gasteiger partial charge < -0.3 is 9.27 Å². The van der Waals surface area contributed by atoms with E-state index in [9.17, 15) is 35.1 Å². The van der Waals surface area contributed by atoms with Crippen LogP contribution in [0.25, 0.3) is 33.8 Å². The molecule has 0 spiro atoms. The quantitative estimate of drug-likeness (QED) is 0.233. The van der Waals surface area contributed by atoms with Crippen molar-refractivity contribution < 1.29 is 35.1 Å². The summed E-state index contributed by atoms with van der Waals surface area (Å²) in [5.41, 5.74) is -0.720. The molecule has 0 radical (unpaired) electrons. The van der Waals surface area contributed by atoms with E-state index in [4.69, 9.17) is 0 Å². The van der Waals surface area contributed by atoms with Gasteiger partial charge in [0.05, 0.1) is 11.3 Å². The molecule has 4 aromatic rings. The second kappa shape index (κ2) is 9.70. The number of hydrogen-bond acceptors (Lipinski definition) is 4. The van der Waals surface area contributed by atoms with E-state index < -0.39 is 34.9 Å². The molecule has 1 N–H and O–H groups in total. The molecule has 1 atom stereocenters. The van der Waals surface area contributed by atoms with Gasteiger partial charge in [-0.25, -0.2) is 9.97 Å². The monoisotopic (exact) mass is 522 g/mol. The Balaban J connectivity index is 1.78. The molecule has 0 saturated heterocycles. The summed E-state index contributed by atoms with van der Waals surface area (Å²) in [6.07, 6.45) is -9.42. The first-order chi connectivity index (χ1) is 16.9. The van der Waals surface area contributed by atoms with Crippen LogP contribution in [0.1, 0.15) is 11.3 Å². The van der Waals surface area contributed by atoms with Crippen LogP contribution < -0.4 is 4.72 Å². The number of benzene rings is 3. The first-order valence-electron chi connectivity index (χ1n) is 10.1. The van der Waals surface area contributed by atoms with Crippen molar-refractivity contribution in [3.05, 3.63) is 90.1 Å². The Labute approximate surface area is 203 Å². The molecule has 1 unspecified atom stereocenters. The lowest BCUT2D eigenvalue weighted by atomic mass is 10.0. The van der Waals surface area contributed by atoms with Crippen molar-refractivity contribution in [3.63, 3.8) is 0 Å². The SMILES string of the molecule is O=S([O-])Nc1cccc(-c2cccc(-c3nc(-c4ccc(C(F)(F)F)cc4)cc(C(F)(F)F)n3)c2)c1. The number of anilines is 1. The maximum Gasteiger partial charge on any atom is 0.433 e. The highest BCUT2D eigenvalue weighted by atomic mass is 32.2. The maximum absolute atomic E-state index is 13.6. The summed E-state index contributed by atoms with van der Waals surface area (Å²) in [6.45, 7) is 0. The van der Waals surface area contributed by atoms with Gasteiger partial charge >= 0.3 is 12.4 Å². The van der Waals surface area contributed by atoms with E-state index in [1.165, 1.54) is 24.3 Å². The molecular formula is C24H14F6N3O2S-. The normalized spacial score (nSPS) is 12.9. The van der Waals surface area contributed by atoms with E-state index in [1.807, 2.05) is 0 Å². The van der Waals surface area contributed by atoms with Gasteiger partial charge in [0.15, 0.2) is 5.82 Å². The third-order valence-electron chi connectivity index (χ3n) is 5.04. The first-order valence-corrected chi connectivity index (χ1v) is 11.2. The average Bonchev–Trinajstić information content (AvgIpc) is 2.83. The second-order valence-corrected chi connectivity index (χ2v) is 8.21. The smallest absolute Gasteiger partial charge is 0.433 e. The van der Waals surface area contributed by atoms with Crippen LogP contribution in [0, 0.1) is 0 Å². The summed E-state index contributed by atoms with van der Waals surface area (Å²) in [5, 5.41) is 0. The summed E-state index contributed by atoms with van der Waals surface area (Å²) < 4.78 is 103. The fraction of sp³-hybridized carbons (Fsp3) is 0.0833. The van der Waals surface area contributed by atoms with E-state index >= 15 is 0 Å². The van der Waals surface area contributed by atoms with Crippen molar-refractivity contribution in [2.75, 3.05) is 4.72 Å². The maximum atomic E-state index is 13.6. The fourth-order valence-corrected chi connectivity index (χ4v) is 3.72. The lowest BCUT2D eigenvalue weighted by Gasteiger charge is -2.13. The van der Waals surface area contributed by atoms with Crippen molar-refractivity contribution in [1.82, 2.24) is 9.97 Å². The zero-order chi connectivity index (χ0) is 26.1. The van der Waals surface area contributed by atoms with Gasteiger partial charge in [0, 0.05) is 28.1 Å². The highest BCUT2D eigenvalue weighted by Gasteiger charge is 2.34. The molecular weight excluding hydrogens is 508 g/mol. The van der Waals surface area contributed by atoms with Gasteiger partial charge in [0.25, 0.3) is 0 Å². The highest BCUT2D eigenvalue weighted by molar-refractivity contribution is 7.80. The molecule has 0 amide bonds. The van der Waals surface area contributed by atoms with Gasteiger partial charge in [-0.3, -0.25) is 4.21 Å². The molecule has 4 rings (SSSR count). The van der Waals surface area contributed by atoms with Crippen LogP contribution in [0.2, 0.25) is 0 Å². The van der Waals surface area contributed by atoms with Crippen molar-refractivity contribution in [2.45, 2.75) is 12.4 Å². The first kappa shape index (κ1) is 25.3. The largest absolute Gasteiger partial charge is 0.755 e. The molecule has 0 bridgehead atoms. The average molecular weight is 522 g/mol. The number of aromatic nitrogens is 2. The molecule has 1 aromatic heterocycles. The van der Waals surface area contributed by atoms with Gasteiger partial charge in [-0.2, -0.15) is 26.3 Å². The van der Waals surface area contributed by atoms with Crippen LogP contribution in [-0.2, 0) is 23.6 Å². The number of alkyl halides is 6. The van der Waals surface area contributed by atoms with E-state index in [2.05, 4.69) is 14.7 Å². The molecule has 5 nitrogen and oxygen atoms in total. The summed E-state index contributed by atoms with van der Waals surface area (Å²) >= 11 is -2.54. The number of nitrogens with zero attached hydrogens (tertiary/aromatic N) is 2. The molecule has 186 valence electrons. The van der Waals surface area contributed by atoms with E-state index in [0.29, 0.717) is 17.2 Å². The summed E-state index contributed by atoms with van der Waals surface area (Å²) in [6, 6.07) is 16.9. The van der Waals surface area contributed by atoms with E-state index in [-0.39, 0.29) is 28.3 Å². The Bertz CT molecular complexity index is 1420. The molecule has 3 aromatic carbocycles. The molecule has 1 heterocycles. The number of halogens is 6. The van der Waals surface area contributed by atoms with Crippen LogP contribution in [0.15, 0.2) is 78.9 Å². The third-order valence-corrected chi connectivity index (χ3v) is 5.44. The third kappa shape index (κ3) is 5.89. The van der Waals surface area contributed by atoms with E-state index in [1.54, 1.807) is 24.3 Å². The number of nitrogens with one attached hydrogen (secondary N) is 1. The Kier molecular flexibility index (Phi) is 6.83. The van der Waals surface area contributed by atoms with Gasteiger partial charge in [-0.1, -0.05) is 42.5 Å². The molecule has 0 saturated carbocycles. The van der Waals surface area contributed by atoms with Crippen molar-refractivity contribution in [1.29, 1.82) is 0 Å².